The molecule has 0 radical (unpaired) electrons. The number of hydrogen-bond donors (Lipinski definition) is 3. The number of para-hydroxylation sites is 2. The van der Waals surface area contributed by atoms with Crippen molar-refractivity contribution < 1.29 is 19.1 Å². The van der Waals surface area contributed by atoms with Crippen LogP contribution in [0, 0.1) is 0 Å². The standard InChI is InChI=1S/C28H36N4O4/c1-28(2,3)36-25(33)17-19-10-9-11-20(16-19)29-27(35)31-23-18-32(21-12-5-4-6-13-21)24-15-8-7-14-22(24)30-26(23)34/h7-11,14-16,21,23H,4-6,12-13,17-18H2,1-3H3,(H,30,34)(H2,29,31,35). The highest BCUT2D eigenvalue weighted by Gasteiger charge is 2.33. The third-order valence-corrected chi connectivity index (χ3v) is 6.44. The Bertz CT molecular complexity index is 1100. The van der Waals surface area contributed by atoms with Crippen LogP contribution in [-0.4, -0.2) is 42.1 Å². The van der Waals surface area contributed by atoms with Gasteiger partial charge in [0.1, 0.15) is 11.6 Å². The fourth-order valence-electron chi connectivity index (χ4n) is 4.91. The van der Waals surface area contributed by atoms with Crippen molar-refractivity contribution in [2.75, 3.05) is 22.1 Å². The lowest BCUT2D eigenvalue weighted by molar-refractivity contribution is -0.153. The molecule has 2 aliphatic rings. The molecule has 2 aromatic rings. The Kier molecular flexibility index (Phi) is 7.82. The Hall–Kier alpha value is -3.55. The molecule has 1 heterocycles. The predicted molar refractivity (Wildman–Crippen MR) is 141 cm³/mol. The first-order valence-corrected chi connectivity index (χ1v) is 12.7. The lowest BCUT2D eigenvalue weighted by Crippen LogP contribution is -2.52. The van der Waals surface area contributed by atoms with E-state index < -0.39 is 17.7 Å². The summed E-state index contributed by atoms with van der Waals surface area (Å²) in [4.78, 5) is 40.4. The average molecular weight is 493 g/mol. The van der Waals surface area contributed by atoms with Gasteiger partial charge >= 0.3 is 12.0 Å². The third-order valence-electron chi connectivity index (χ3n) is 6.44. The maximum absolute atomic E-state index is 13.1. The van der Waals surface area contributed by atoms with Gasteiger partial charge < -0.3 is 25.6 Å². The summed E-state index contributed by atoms with van der Waals surface area (Å²) in [6.07, 6.45) is 5.83. The Morgan fingerprint density at radius 3 is 2.56 bits per heavy atom. The minimum atomic E-state index is -0.718. The van der Waals surface area contributed by atoms with Gasteiger partial charge in [0.25, 0.3) is 0 Å². The first kappa shape index (κ1) is 25.5. The molecule has 0 aromatic heterocycles. The molecular weight excluding hydrogens is 456 g/mol. The highest BCUT2D eigenvalue weighted by atomic mass is 16.6. The molecule has 1 atom stereocenters. The second-order valence-corrected chi connectivity index (χ2v) is 10.6. The number of amides is 3. The molecule has 0 bridgehead atoms. The van der Waals surface area contributed by atoms with Crippen molar-refractivity contribution >= 4 is 35.0 Å². The zero-order chi connectivity index (χ0) is 25.7. The molecule has 192 valence electrons. The van der Waals surface area contributed by atoms with Crippen LogP contribution >= 0.6 is 0 Å². The van der Waals surface area contributed by atoms with Crippen LogP contribution in [0.15, 0.2) is 48.5 Å². The van der Waals surface area contributed by atoms with E-state index in [-0.39, 0.29) is 18.3 Å². The fourth-order valence-corrected chi connectivity index (χ4v) is 4.91. The summed E-state index contributed by atoms with van der Waals surface area (Å²) in [5, 5.41) is 8.65. The molecule has 3 amide bonds. The van der Waals surface area contributed by atoms with Crippen molar-refractivity contribution in [1.29, 1.82) is 0 Å². The first-order chi connectivity index (χ1) is 17.2. The SMILES string of the molecule is CC(C)(C)OC(=O)Cc1cccc(NC(=O)NC2CN(C3CCCCC3)c3ccccc3NC2=O)c1. The van der Waals surface area contributed by atoms with E-state index in [1.807, 2.05) is 51.1 Å². The summed E-state index contributed by atoms with van der Waals surface area (Å²) in [6, 6.07) is 14.0. The number of hydrogen-bond acceptors (Lipinski definition) is 5. The van der Waals surface area contributed by atoms with Gasteiger partial charge in [0.2, 0.25) is 5.91 Å². The summed E-state index contributed by atoms with van der Waals surface area (Å²) in [5.74, 6) is -0.573. The summed E-state index contributed by atoms with van der Waals surface area (Å²) in [6.45, 7) is 5.87. The number of esters is 1. The zero-order valence-corrected chi connectivity index (χ0v) is 21.3. The van der Waals surface area contributed by atoms with Gasteiger partial charge in [-0.25, -0.2) is 4.79 Å². The van der Waals surface area contributed by atoms with Crippen molar-refractivity contribution in [3.8, 4) is 0 Å². The molecule has 1 fully saturated rings. The molecule has 2 aromatic carbocycles. The van der Waals surface area contributed by atoms with Crippen LogP contribution < -0.4 is 20.9 Å². The molecule has 8 heteroatoms. The van der Waals surface area contributed by atoms with Crippen molar-refractivity contribution in [1.82, 2.24) is 5.32 Å². The van der Waals surface area contributed by atoms with Crippen molar-refractivity contribution in [3.05, 3.63) is 54.1 Å². The van der Waals surface area contributed by atoms with E-state index in [2.05, 4.69) is 20.9 Å². The van der Waals surface area contributed by atoms with Crippen LogP contribution in [0.2, 0.25) is 0 Å². The number of carbonyl (C=O) groups is 3. The maximum atomic E-state index is 13.1. The molecule has 0 spiro atoms. The molecule has 1 unspecified atom stereocenters. The van der Waals surface area contributed by atoms with Crippen LogP contribution in [0.4, 0.5) is 21.9 Å². The fraction of sp³-hybridized carbons (Fsp3) is 0.464. The Labute approximate surface area is 212 Å². The largest absolute Gasteiger partial charge is 0.460 e. The molecule has 4 rings (SSSR count). The number of carbonyl (C=O) groups excluding carboxylic acids is 3. The van der Waals surface area contributed by atoms with Gasteiger partial charge in [-0.2, -0.15) is 0 Å². The van der Waals surface area contributed by atoms with Gasteiger partial charge in [-0.1, -0.05) is 43.5 Å². The van der Waals surface area contributed by atoms with Crippen LogP contribution in [0.25, 0.3) is 0 Å². The topological polar surface area (TPSA) is 99.8 Å². The summed E-state index contributed by atoms with van der Waals surface area (Å²) >= 11 is 0. The van der Waals surface area contributed by atoms with Crippen molar-refractivity contribution in [2.45, 2.75) is 77.0 Å². The van der Waals surface area contributed by atoms with Gasteiger partial charge in [-0.3, -0.25) is 9.59 Å². The van der Waals surface area contributed by atoms with Crippen LogP contribution in [-0.2, 0) is 20.7 Å². The highest BCUT2D eigenvalue weighted by Crippen LogP contribution is 2.34. The Balaban J connectivity index is 1.43. The van der Waals surface area contributed by atoms with Crippen LogP contribution in [0.5, 0.6) is 0 Å². The average Bonchev–Trinajstić information content (AvgIpc) is 2.95. The number of fused-ring (bicyclic) bond motifs is 1. The smallest absolute Gasteiger partial charge is 0.319 e. The number of ether oxygens (including phenoxy) is 1. The minimum absolute atomic E-state index is 0.105. The van der Waals surface area contributed by atoms with E-state index in [4.69, 9.17) is 4.74 Å². The Morgan fingerprint density at radius 1 is 1.06 bits per heavy atom. The molecule has 0 saturated heterocycles. The summed E-state index contributed by atoms with van der Waals surface area (Å²) in [7, 11) is 0. The van der Waals surface area contributed by atoms with Gasteiger partial charge in [0.15, 0.2) is 0 Å². The molecule has 1 saturated carbocycles. The van der Waals surface area contributed by atoms with Gasteiger partial charge in [-0.15, -0.1) is 0 Å². The van der Waals surface area contributed by atoms with E-state index in [0.29, 0.717) is 18.3 Å². The second kappa shape index (κ2) is 11.0. The highest BCUT2D eigenvalue weighted by molar-refractivity contribution is 6.02. The number of nitrogens with one attached hydrogen (secondary N) is 3. The lowest BCUT2D eigenvalue weighted by Gasteiger charge is -2.37. The summed E-state index contributed by atoms with van der Waals surface area (Å²) in [5.41, 5.74) is 2.48. The molecule has 3 N–H and O–H groups in total. The van der Waals surface area contributed by atoms with E-state index in [1.165, 1.54) is 19.3 Å². The van der Waals surface area contributed by atoms with Crippen molar-refractivity contribution in [3.63, 3.8) is 0 Å². The number of nitrogens with zero attached hydrogens (tertiary/aromatic N) is 1. The molecule has 36 heavy (non-hydrogen) atoms. The van der Waals surface area contributed by atoms with Crippen LogP contribution in [0.3, 0.4) is 0 Å². The number of anilines is 3. The maximum Gasteiger partial charge on any atom is 0.319 e. The van der Waals surface area contributed by atoms with Gasteiger partial charge in [0, 0.05) is 18.3 Å². The predicted octanol–water partition coefficient (Wildman–Crippen LogP) is 4.85. The number of benzene rings is 2. The number of urea groups is 1. The molecular formula is C28H36N4O4. The zero-order valence-electron chi connectivity index (χ0n) is 21.3. The van der Waals surface area contributed by atoms with Crippen LogP contribution in [0.1, 0.15) is 58.4 Å². The first-order valence-electron chi connectivity index (χ1n) is 12.7. The lowest BCUT2D eigenvalue weighted by atomic mass is 9.93. The van der Waals surface area contributed by atoms with Gasteiger partial charge in [-0.05, 0) is 63.4 Å². The van der Waals surface area contributed by atoms with Crippen molar-refractivity contribution in [2.24, 2.45) is 0 Å². The normalized spacial score (nSPS) is 18.5. The molecule has 8 nitrogen and oxygen atoms in total. The summed E-state index contributed by atoms with van der Waals surface area (Å²) < 4.78 is 5.39. The molecule has 1 aliphatic carbocycles. The minimum Gasteiger partial charge on any atom is -0.460 e. The van der Waals surface area contributed by atoms with E-state index in [9.17, 15) is 14.4 Å². The molecule has 1 aliphatic heterocycles. The van der Waals surface area contributed by atoms with Gasteiger partial charge in [0.05, 0.1) is 17.8 Å². The van der Waals surface area contributed by atoms with E-state index in [0.717, 1.165) is 29.8 Å². The Morgan fingerprint density at radius 2 is 1.81 bits per heavy atom. The third kappa shape index (κ3) is 6.77. The quantitative estimate of drug-likeness (QED) is 0.518. The van der Waals surface area contributed by atoms with E-state index in [1.54, 1.807) is 18.2 Å². The number of rotatable bonds is 5. The second-order valence-electron chi connectivity index (χ2n) is 10.6. The van der Waals surface area contributed by atoms with E-state index >= 15 is 0 Å². The monoisotopic (exact) mass is 492 g/mol.